The van der Waals surface area contributed by atoms with E-state index >= 15 is 0 Å². The van der Waals surface area contributed by atoms with Gasteiger partial charge < -0.3 is 17.5 Å². The Balaban J connectivity index is 0.000000640. The van der Waals surface area contributed by atoms with Crippen molar-refractivity contribution in [3.8, 4) is 0 Å². The molecular formula is C4H5ClN2O2. The van der Waals surface area contributed by atoms with Crippen LogP contribution in [0.3, 0.4) is 0 Å². The first-order valence-corrected chi connectivity index (χ1v) is 2.10. The molecule has 1 heterocycles. The zero-order valence-corrected chi connectivity index (χ0v) is 5.17. The second-order valence-electron chi connectivity index (χ2n) is 1.35. The van der Waals surface area contributed by atoms with Crippen molar-refractivity contribution in [2.45, 2.75) is 0 Å². The average molecular weight is 149 g/mol. The Labute approximate surface area is 57.7 Å². The van der Waals surface area contributed by atoms with E-state index < -0.39 is 5.97 Å². The average Bonchev–Trinajstić information content (AvgIpc) is 2.12. The number of carboxylic acid groups (broad SMARTS) is 1. The molecule has 0 bridgehead atoms. The molecule has 0 aliphatic carbocycles. The zero-order chi connectivity index (χ0) is 5.98. The van der Waals surface area contributed by atoms with Crippen LogP contribution >= 0.6 is 0 Å². The monoisotopic (exact) mass is 148 g/mol. The number of nitrogens with two attached hydrogens (primary N) is 1. The van der Waals surface area contributed by atoms with E-state index in [4.69, 9.17) is 5.11 Å². The summed E-state index contributed by atoms with van der Waals surface area (Å²) in [5.41, 5.74) is 1.69. The van der Waals surface area contributed by atoms with Crippen LogP contribution in [0.25, 0.3) is 0 Å². The summed E-state index contributed by atoms with van der Waals surface area (Å²) < 4.78 is 0. The first-order valence-electron chi connectivity index (χ1n) is 2.10. The summed E-state index contributed by atoms with van der Waals surface area (Å²) in [6.45, 7) is 0. The quantitative estimate of drug-likeness (QED) is 0.369. The van der Waals surface area contributed by atoms with Gasteiger partial charge in [0.25, 0.3) is 0 Å². The Kier molecular flexibility index (Phi) is 2.90. The molecule has 1 aliphatic rings. The molecule has 0 saturated heterocycles. The summed E-state index contributed by atoms with van der Waals surface area (Å²) in [4.78, 5) is 10.0. The maximum absolute atomic E-state index is 10.0. The predicted octanol–water partition coefficient (Wildman–Crippen LogP) is -4.48. The summed E-state index contributed by atoms with van der Waals surface area (Å²) in [6, 6.07) is 0. The van der Waals surface area contributed by atoms with Crippen molar-refractivity contribution in [3.05, 3.63) is 11.8 Å². The minimum absolute atomic E-state index is 0. The van der Waals surface area contributed by atoms with E-state index in [1.54, 1.807) is 0 Å². The molecule has 0 saturated carbocycles. The topological polar surface area (TPSA) is 66.3 Å². The molecule has 1 rings (SSSR count). The van der Waals surface area contributed by atoms with Crippen LogP contribution in [0.2, 0.25) is 0 Å². The van der Waals surface area contributed by atoms with Crippen molar-refractivity contribution < 1.29 is 27.7 Å². The Hall–Kier alpha value is -0.870. The van der Waals surface area contributed by atoms with Crippen LogP contribution in [-0.2, 0) is 4.79 Å². The highest BCUT2D eigenvalue weighted by molar-refractivity contribution is 6.08. The van der Waals surface area contributed by atoms with E-state index in [-0.39, 0.29) is 18.0 Å². The van der Waals surface area contributed by atoms with E-state index in [2.05, 4.69) is 5.10 Å². The molecule has 50 valence electrons. The Morgan fingerprint density at radius 2 is 2.44 bits per heavy atom. The molecule has 1 aliphatic heterocycles. The van der Waals surface area contributed by atoms with Crippen molar-refractivity contribution in [2.24, 2.45) is 5.10 Å². The van der Waals surface area contributed by atoms with Crippen molar-refractivity contribution in [2.75, 3.05) is 0 Å². The van der Waals surface area contributed by atoms with E-state index in [1.165, 1.54) is 17.8 Å². The van der Waals surface area contributed by atoms with Gasteiger partial charge in [0.1, 0.15) is 18.0 Å². The standard InChI is InChI=1S/C4H4N2O2.ClH/c7-4(8)3-1-5-6-2-3;/h1-2H,(H,5,6)(H,7,8);1H. The maximum atomic E-state index is 10.0. The van der Waals surface area contributed by atoms with Gasteiger partial charge in [-0.1, -0.05) is 5.10 Å². The van der Waals surface area contributed by atoms with E-state index in [9.17, 15) is 4.79 Å². The highest BCUT2D eigenvalue weighted by Crippen LogP contribution is 1.86. The van der Waals surface area contributed by atoms with Gasteiger partial charge in [-0.2, -0.15) is 5.43 Å². The molecule has 0 spiro atoms. The minimum atomic E-state index is -0.928. The summed E-state index contributed by atoms with van der Waals surface area (Å²) >= 11 is 0. The summed E-state index contributed by atoms with van der Waals surface area (Å²) in [7, 11) is 0. The number of rotatable bonds is 1. The lowest BCUT2D eigenvalue weighted by atomic mass is 10.3. The van der Waals surface area contributed by atoms with Crippen LogP contribution in [0.1, 0.15) is 0 Å². The Bertz CT molecular complexity index is 175. The molecule has 4 nitrogen and oxygen atoms in total. The number of hydrogen-bond donors (Lipinski definition) is 2. The van der Waals surface area contributed by atoms with Gasteiger partial charge in [0.05, 0.1) is 0 Å². The largest absolute Gasteiger partial charge is 1.00 e. The highest BCUT2D eigenvalue weighted by atomic mass is 35.5. The van der Waals surface area contributed by atoms with Gasteiger partial charge in [-0.05, 0) is 0 Å². The Morgan fingerprint density at radius 1 is 1.78 bits per heavy atom. The van der Waals surface area contributed by atoms with Crippen LogP contribution in [0, 0.1) is 0 Å². The van der Waals surface area contributed by atoms with Gasteiger partial charge in [-0.3, -0.25) is 0 Å². The molecule has 0 aromatic heterocycles. The minimum Gasteiger partial charge on any atom is -1.00 e. The number of nitrogens with zero attached hydrogens (tertiary/aromatic N) is 1. The number of aliphatic carboxylic acids is 1. The van der Waals surface area contributed by atoms with Gasteiger partial charge in [0, 0.05) is 0 Å². The molecule has 5 heteroatoms. The van der Waals surface area contributed by atoms with Gasteiger partial charge in [0.2, 0.25) is 0 Å². The van der Waals surface area contributed by atoms with E-state index in [0.29, 0.717) is 0 Å². The van der Waals surface area contributed by atoms with Gasteiger partial charge in [0.15, 0.2) is 0 Å². The maximum Gasteiger partial charge on any atom is 0.343 e. The molecule has 0 aromatic rings. The molecule has 9 heavy (non-hydrogen) atoms. The molecule has 0 aromatic carbocycles. The highest BCUT2D eigenvalue weighted by Gasteiger charge is 2.09. The SMILES string of the molecule is O=C(O)C1=C[NH2+]N=C1.[Cl-]. The second kappa shape index (κ2) is 3.21. The fourth-order valence-corrected chi connectivity index (χ4v) is 0.416. The molecule has 3 N–H and O–H groups in total. The van der Waals surface area contributed by atoms with Crippen molar-refractivity contribution in [1.29, 1.82) is 0 Å². The summed E-state index contributed by atoms with van der Waals surface area (Å²) in [5.74, 6) is -0.928. The molecular weight excluding hydrogens is 144 g/mol. The predicted molar refractivity (Wildman–Crippen MR) is 26.1 cm³/mol. The zero-order valence-electron chi connectivity index (χ0n) is 4.41. The third-order valence-corrected chi connectivity index (χ3v) is 0.801. The smallest absolute Gasteiger partial charge is 0.343 e. The third-order valence-electron chi connectivity index (χ3n) is 0.801. The number of halogens is 1. The Morgan fingerprint density at radius 3 is 2.67 bits per heavy atom. The van der Waals surface area contributed by atoms with Crippen LogP contribution in [-0.4, -0.2) is 17.3 Å². The molecule has 0 radical (unpaired) electrons. The van der Waals surface area contributed by atoms with Gasteiger partial charge in [-0.15, -0.1) is 0 Å². The van der Waals surface area contributed by atoms with E-state index in [1.807, 2.05) is 0 Å². The lowest BCUT2D eigenvalue weighted by molar-refractivity contribution is -0.590. The fraction of sp³-hybridized carbons (Fsp3) is 0. The van der Waals surface area contributed by atoms with Crippen LogP contribution < -0.4 is 17.8 Å². The normalized spacial score (nSPS) is 14.4. The van der Waals surface area contributed by atoms with Gasteiger partial charge >= 0.3 is 5.97 Å². The molecule has 0 fully saturated rings. The number of carboxylic acids is 1. The fourth-order valence-electron chi connectivity index (χ4n) is 0.416. The second-order valence-corrected chi connectivity index (χ2v) is 1.35. The van der Waals surface area contributed by atoms with Crippen LogP contribution in [0.5, 0.6) is 0 Å². The molecule has 0 unspecified atom stereocenters. The number of hydrogen-bond acceptors (Lipinski definition) is 2. The molecule has 0 atom stereocenters. The van der Waals surface area contributed by atoms with Crippen LogP contribution in [0.15, 0.2) is 16.9 Å². The summed E-state index contributed by atoms with van der Waals surface area (Å²) in [5, 5.41) is 11.8. The lowest BCUT2D eigenvalue weighted by Gasteiger charge is -1.77. The van der Waals surface area contributed by atoms with Crippen molar-refractivity contribution in [1.82, 2.24) is 0 Å². The summed E-state index contributed by atoms with van der Waals surface area (Å²) in [6.07, 6.45) is 2.75. The number of quaternary nitrogens is 1. The third kappa shape index (κ3) is 1.83. The lowest BCUT2D eigenvalue weighted by Crippen LogP contribution is -3.00. The first kappa shape index (κ1) is 8.13. The van der Waals surface area contributed by atoms with Crippen molar-refractivity contribution in [3.63, 3.8) is 0 Å². The number of carbonyl (C=O) groups is 1. The van der Waals surface area contributed by atoms with Crippen LogP contribution in [0.4, 0.5) is 0 Å². The van der Waals surface area contributed by atoms with E-state index in [0.717, 1.165) is 0 Å². The first-order chi connectivity index (χ1) is 3.80. The molecule has 0 amide bonds. The van der Waals surface area contributed by atoms with Crippen molar-refractivity contribution >= 4 is 12.2 Å². The van der Waals surface area contributed by atoms with Gasteiger partial charge in [-0.25, -0.2) is 4.79 Å².